The van der Waals surface area contributed by atoms with Gasteiger partial charge in [-0.05, 0) is 0 Å². The van der Waals surface area contributed by atoms with Crippen LogP contribution in [0.15, 0.2) is 12.7 Å². The van der Waals surface area contributed by atoms with Crippen molar-refractivity contribution in [1.29, 1.82) is 0 Å². The van der Waals surface area contributed by atoms with Crippen LogP contribution in [0.25, 0.3) is 0 Å². The fourth-order valence-electron chi connectivity index (χ4n) is 0.589. The summed E-state index contributed by atoms with van der Waals surface area (Å²) in [5.41, 5.74) is 0. The molecule has 0 atom stereocenters. The van der Waals surface area contributed by atoms with Gasteiger partial charge in [0, 0.05) is 0 Å². The zero-order valence-corrected chi connectivity index (χ0v) is 7.42. The second-order valence-corrected chi connectivity index (χ2v) is 4.05. The molecule has 0 rings (SSSR count). The summed E-state index contributed by atoms with van der Waals surface area (Å²) in [6, 6.07) is -0.824. The van der Waals surface area contributed by atoms with E-state index >= 15 is 0 Å². The van der Waals surface area contributed by atoms with Crippen molar-refractivity contribution in [2.24, 2.45) is 0 Å². The number of hydrogen-bond acceptors (Lipinski definition) is 4. The first-order valence-corrected chi connectivity index (χ1v) is 5.03. The van der Waals surface area contributed by atoms with Crippen LogP contribution in [0, 0.1) is 0 Å². The van der Waals surface area contributed by atoms with Crippen LogP contribution in [0.1, 0.15) is 0 Å². The van der Waals surface area contributed by atoms with Crippen LogP contribution in [0.4, 0.5) is 0 Å². The lowest BCUT2D eigenvalue weighted by Gasteiger charge is -2.11. The number of nitrogens with one attached hydrogen (secondary N) is 1. The van der Waals surface area contributed by atoms with Crippen molar-refractivity contribution in [2.75, 3.05) is 19.0 Å². The zero-order chi connectivity index (χ0) is 9.61. The Morgan fingerprint density at radius 3 is 2.25 bits per heavy atom. The van der Waals surface area contributed by atoms with Crippen molar-refractivity contribution < 1.29 is 18.6 Å². The zero-order valence-electron chi connectivity index (χ0n) is 6.60. The van der Waals surface area contributed by atoms with Crippen molar-refractivity contribution in [1.82, 2.24) is 4.72 Å². The van der Waals surface area contributed by atoms with Gasteiger partial charge >= 0.3 is 0 Å². The molecule has 6 heteroatoms. The first-order valence-electron chi connectivity index (χ1n) is 3.38. The largest absolute Gasteiger partial charge is 0.395 e. The first-order chi connectivity index (χ1) is 5.55. The molecule has 5 nitrogen and oxygen atoms in total. The van der Waals surface area contributed by atoms with Gasteiger partial charge in [0.25, 0.3) is 0 Å². The van der Waals surface area contributed by atoms with Crippen molar-refractivity contribution in [3.63, 3.8) is 0 Å². The third-order valence-corrected chi connectivity index (χ3v) is 2.49. The lowest BCUT2D eigenvalue weighted by Crippen LogP contribution is -2.40. The maximum Gasteiger partial charge on any atom is 0.215 e. The Morgan fingerprint density at radius 1 is 1.42 bits per heavy atom. The van der Waals surface area contributed by atoms with E-state index in [2.05, 4.69) is 11.3 Å². The van der Waals surface area contributed by atoms with Crippen LogP contribution >= 0.6 is 0 Å². The number of aliphatic hydroxyl groups is 2. The van der Waals surface area contributed by atoms with Gasteiger partial charge in [-0.1, -0.05) is 6.08 Å². The molecule has 0 spiro atoms. The van der Waals surface area contributed by atoms with E-state index in [0.29, 0.717) is 0 Å². The molecule has 0 bridgehead atoms. The number of aliphatic hydroxyl groups excluding tert-OH is 2. The van der Waals surface area contributed by atoms with Gasteiger partial charge < -0.3 is 10.2 Å². The van der Waals surface area contributed by atoms with Gasteiger partial charge in [0.2, 0.25) is 10.0 Å². The van der Waals surface area contributed by atoms with E-state index in [1.54, 1.807) is 0 Å². The highest BCUT2D eigenvalue weighted by atomic mass is 32.2. The van der Waals surface area contributed by atoms with E-state index in [-0.39, 0.29) is 5.75 Å². The summed E-state index contributed by atoms with van der Waals surface area (Å²) < 4.78 is 24.0. The second kappa shape index (κ2) is 5.26. The van der Waals surface area contributed by atoms with Crippen molar-refractivity contribution >= 4 is 10.0 Å². The molecular weight excluding hydrogens is 182 g/mol. The Labute approximate surface area is 71.8 Å². The molecule has 0 aromatic rings. The Morgan fingerprint density at radius 2 is 1.92 bits per heavy atom. The first kappa shape index (κ1) is 11.6. The molecule has 0 saturated carbocycles. The molecule has 0 amide bonds. The molecular formula is C6H13NO4S. The highest BCUT2D eigenvalue weighted by molar-refractivity contribution is 7.89. The highest BCUT2D eigenvalue weighted by Gasteiger charge is 2.14. The average molecular weight is 195 g/mol. The maximum absolute atomic E-state index is 11.0. The smallest absolute Gasteiger partial charge is 0.215 e. The van der Waals surface area contributed by atoms with E-state index < -0.39 is 29.3 Å². The Bertz CT molecular complexity index is 220. The lowest BCUT2D eigenvalue weighted by atomic mass is 10.4. The highest BCUT2D eigenvalue weighted by Crippen LogP contribution is 1.89. The van der Waals surface area contributed by atoms with E-state index in [9.17, 15) is 8.42 Å². The monoisotopic (exact) mass is 195 g/mol. The van der Waals surface area contributed by atoms with Gasteiger partial charge in [-0.3, -0.25) is 0 Å². The van der Waals surface area contributed by atoms with Gasteiger partial charge in [0.1, 0.15) is 0 Å². The summed E-state index contributed by atoms with van der Waals surface area (Å²) in [6.45, 7) is 2.41. The molecule has 3 N–H and O–H groups in total. The predicted molar refractivity (Wildman–Crippen MR) is 45.1 cm³/mol. The summed E-state index contributed by atoms with van der Waals surface area (Å²) in [4.78, 5) is 0. The topological polar surface area (TPSA) is 86.6 Å². The maximum atomic E-state index is 11.0. The third kappa shape index (κ3) is 4.45. The summed E-state index contributed by atoms with van der Waals surface area (Å²) in [5, 5.41) is 17.1. The molecule has 12 heavy (non-hydrogen) atoms. The Balaban J connectivity index is 4.12. The van der Waals surface area contributed by atoms with Gasteiger partial charge in [-0.15, -0.1) is 6.58 Å². The average Bonchev–Trinajstić information content (AvgIpc) is 2.00. The molecule has 72 valence electrons. The van der Waals surface area contributed by atoms with Crippen molar-refractivity contribution in [3.8, 4) is 0 Å². The third-order valence-electron chi connectivity index (χ3n) is 1.12. The summed E-state index contributed by atoms with van der Waals surface area (Å²) in [7, 11) is -3.44. The minimum Gasteiger partial charge on any atom is -0.395 e. The quantitative estimate of drug-likeness (QED) is 0.448. The fourth-order valence-corrected chi connectivity index (χ4v) is 1.65. The van der Waals surface area contributed by atoms with Gasteiger partial charge in [0.15, 0.2) is 0 Å². The van der Waals surface area contributed by atoms with Crippen LogP contribution in [0.2, 0.25) is 0 Å². The molecule has 0 aliphatic heterocycles. The molecule has 0 saturated heterocycles. The predicted octanol–water partition coefficient (Wildman–Crippen LogP) is -1.55. The van der Waals surface area contributed by atoms with Gasteiger partial charge in [-0.2, -0.15) is 0 Å². The van der Waals surface area contributed by atoms with E-state index in [1.165, 1.54) is 6.08 Å². The molecule has 0 aromatic carbocycles. The minimum absolute atomic E-state index is 0.219. The van der Waals surface area contributed by atoms with E-state index in [0.717, 1.165) is 0 Å². The van der Waals surface area contributed by atoms with Crippen molar-refractivity contribution in [2.45, 2.75) is 6.04 Å². The van der Waals surface area contributed by atoms with Gasteiger partial charge in [0.05, 0.1) is 25.0 Å². The summed E-state index contributed by atoms with van der Waals surface area (Å²) in [6.07, 6.45) is 1.23. The molecule has 0 unspecified atom stereocenters. The molecule has 0 aliphatic rings. The SMILES string of the molecule is C=CCS(=O)(=O)NC(CO)CO. The second-order valence-electron chi connectivity index (χ2n) is 2.25. The lowest BCUT2D eigenvalue weighted by molar-refractivity contribution is 0.185. The number of hydrogen-bond donors (Lipinski definition) is 3. The van der Waals surface area contributed by atoms with Gasteiger partial charge in [-0.25, -0.2) is 13.1 Å². The summed E-state index contributed by atoms with van der Waals surface area (Å²) >= 11 is 0. The molecule has 0 fully saturated rings. The van der Waals surface area contributed by atoms with Crippen LogP contribution < -0.4 is 4.72 Å². The fraction of sp³-hybridized carbons (Fsp3) is 0.667. The minimum atomic E-state index is -3.44. The van der Waals surface area contributed by atoms with Crippen LogP contribution in [-0.4, -0.2) is 43.6 Å². The molecule has 0 aliphatic carbocycles. The van der Waals surface area contributed by atoms with Crippen LogP contribution in [0.3, 0.4) is 0 Å². The van der Waals surface area contributed by atoms with Crippen LogP contribution in [-0.2, 0) is 10.0 Å². The standard InChI is InChI=1S/C6H13NO4S/c1-2-3-12(10,11)7-6(4-8)5-9/h2,6-9H,1,3-5H2. The van der Waals surface area contributed by atoms with Crippen LogP contribution in [0.5, 0.6) is 0 Å². The number of sulfonamides is 1. The van der Waals surface area contributed by atoms with E-state index in [1.807, 2.05) is 0 Å². The Hall–Kier alpha value is -0.430. The molecule has 0 heterocycles. The van der Waals surface area contributed by atoms with Crippen molar-refractivity contribution in [3.05, 3.63) is 12.7 Å². The normalized spacial score (nSPS) is 11.9. The number of rotatable bonds is 6. The van der Waals surface area contributed by atoms with E-state index in [4.69, 9.17) is 10.2 Å². The molecule has 0 radical (unpaired) electrons. The Kier molecular flexibility index (Phi) is 5.07. The summed E-state index contributed by atoms with van der Waals surface area (Å²) in [5.74, 6) is -0.219. The molecule has 0 aromatic heterocycles.